The van der Waals surface area contributed by atoms with E-state index in [-0.39, 0.29) is 29.9 Å². The summed E-state index contributed by atoms with van der Waals surface area (Å²) in [6.07, 6.45) is 6.38. The molecule has 2 aliphatic rings. The van der Waals surface area contributed by atoms with Crippen LogP contribution < -0.4 is 5.32 Å². The molecule has 10 heteroatoms. The summed E-state index contributed by atoms with van der Waals surface area (Å²) in [6.45, 7) is 12.0. The third-order valence-corrected chi connectivity index (χ3v) is 6.29. The molecule has 190 valence electrons. The van der Waals surface area contributed by atoms with Crippen molar-refractivity contribution in [3.8, 4) is 0 Å². The Morgan fingerprint density at radius 1 is 1.09 bits per heavy atom. The van der Waals surface area contributed by atoms with Crippen molar-refractivity contribution in [1.29, 1.82) is 0 Å². The highest BCUT2D eigenvalue weighted by atomic mass is 16.6. The minimum Gasteiger partial charge on any atom is -0.466 e. The largest absolute Gasteiger partial charge is 0.466 e. The van der Waals surface area contributed by atoms with E-state index in [4.69, 9.17) is 9.47 Å². The molecule has 1 aromatic rings. The van der Waals surface area contributed by atoms with Crippen LogP contribution in [0.5, 0.6) is 0 Å². The molecule has 2 saturated heterocycles. The maximum absolute atomic E-state index is 12.5. The minimum atomic E-state index is -0.500. The Labute approximate surface area is 202 Å². The summed E-state index contributed by atoms with van der Waals surface area (Å²) in [5, 5.41) is 2.94. The predicted molar refractivity (Wildman–Crippen MR) is 126 cm³/mol. The second kappa shape index (κ2) is 11.7. The highest BCUT2D eigenvalue weighted by Gasteiger charge is 2.28. The lowest BCUT2D eigenvalue weighted by Crippen LogP contribution is -2.42. The second-order valence-corrected chi connectivity index (χ2v) is 10.0. The van der Waals surface area contributed by atoms with Crippen molar-refractivity contribution in [2.24, 2.45) is 5.92 Å². The van der Waals surface area contributed by atoms with Gasteiger partial charge in [0, 0.05) is 38.4 Å². The van der Waals surface area contributed by atoms with E-state index >= 15 is 0 Å². The van der Waals surface area contributed by atoms with E-state index in [0.717, 1.165) is 45.3 Å². The van der Waals surface area contributed by atoms with Crippen LogP contribution in [0.4, 0.5) is 4.79 Å². The molecule has 2 amide bonds. The molecule has 1 aromatic heterocycles. The summed E-state index contributed by atoms with van der Waals surface area (Å²) in [5.41, 5.74) is -0.102. The number of nitrogens with zero attached hydrogens (tertiary/aromatic N) is 4. The number of ether oxygens (including phenoxy) is 2. The molecular formula is C24H39N5O5. The van der Waals surface area contributed by atoms with Gasteiger partial charge in [0.2, 0.25) is 0 Å². The number of hydrogen-bond donors (Lipinski definition) is 1. The molecule has 3 heterocycles. The number of likely N-dealkylation sites (tertiary alicyclic amines) is 2. The molecule has 2 fully saturated rings. The molecule has 0 bridgehead atoms. The van der Waals surface area contributed by atoms with Crippen molar-refractivity contribution < 1.29 is 23.9 Å². The molecule has 0 spiro atoms. The van der Waals surface area contributed by atoms with Crippen LogP contribution in [-0.4, -0.2) is 88.8 Å². The first-order valence-corrected chi connectivity index (χ1v) is 12.3. The monoisotopic (exact) mass is 477 g/mol. The lowest BCUT2D eigenvalue weighted by molar-refractivity contribution is -0.149. The summed E-state index contributed by atoms with van der Waals surface area (Å²) in [7, 11) is 0. The van der Waals surface area contributed by atoms with Gasteiger partial charge in [0.15, 0.2) is 0 Å². The van der Waals surface area contributed by atoms with Gasteiger partial charge in [-0.05, 0) is 66.5 Å². The normalized spacial score (nSPS) is 18.5. The number of carbonyl (C=O) groups is 3. The van der Waals surface area contributed by atoms with E-state index in [1.165, 1.54) is 0 Å². The third kappa shape index (κ3) is 7.44. The van der Waals surface area contributed by atoms with Gasteiger partial charge >= 0.3 is 12.1 Å². The fraction of sp³-hybridized carbons (Fsp3) is 0.750. The molecule has 0 radical (unpaired) electrons. The second-order valence-electron chi connectivity index (χ2n) is 10.0. The molecule has 2 aliphatic heterocycles. The van der Waals surface area contributed by atoms with Crippen molar-refractivity contribution in [3.05, 3.63) is 18.2 Å². The van der Waals surface area contributed by atoms with Gasteiger partial charge in [0.25, 0.3) is 5.91 Å². The van der Waals surface area contributed by atoms with Gasteiger partial charge in [0.1, 0.15) is 11.3 Å². The number of nitrogens with one attached hydrogen (secondary N) is 1. The van der Waals surface area contributed by atoms with Crippen LogP contribution in [0.2, 0.25) is 0 Å². The van der Waals surface area contributed by atoms with Gasteiger partial charge < -0.3 is 29.2 Å². The van der Waals surface area contributed by atoms with Gasteiger partial charge in [0.05, 0.1) is 18.9 Å². The van der Waals surface area contributed by atoms with E-state index in [2.05, 4.69) is 15.2 Å². The number of imidazole rings is 1. The lowest BCUT2D eigenvalue weighted by atomic mass is 9.97. The Hall–Kier alpha value is -2.62. The average Bonchev–Trinajstić information content (AvgIpc) is 3.29. The lowest BCUT2D eigenvalue weighted by Gasteiger charge is -2.33. The van der Waals surface area contributed by atoms with Crippen LogP contribution in [0, 0.1) is 5.92 Å². The van der Waals surface area contributed by atoms with Crippen molar-refractivity contribution >= 4 is 18.0 Å². The molecule has 1 N–H and O–H groups in total. The van der Waals surface area contributed by atoms with Crippen molar-refractivity contribution in [1.82, 2.24) is 24.7 Å². The Morgan fingerprint density at radius 2 is 1.76 bits per heavy atom. The number of esters is 1. The maximum atomic E-state index is 12.5. The molecule has 0 atom stereocenters. The predicted octanol–water partition coefficient (Wildman–Crippen LogP) is 2.46. The minimum absolute atomic E-state index is 0.00856. The average molecular weight is 478 g/mol. The summed E-state index contributed by atoms with van der Waals surface area (Å²) in [4.78, 5) is 44.9. The summed E-state index contributed by atoms with van der Waals surface area (Å²) in [6, 6.07) is 0.202. The SMILES string of the molecule is CCOC(=O)C1CCN(CCNC(=O)c2cn(C3CCN(C(=O)OC(C)(C)C)CC3)cn2)CC1. The standard InChI is InChI=1S/C24H39N5O5/c1-5-33-22(31)18-6-11-27(12-7-18)15-10-25-21(30)20-16-29(17-26-20)19-8-13-28(14-9-19)23(32)34-24(2,3)4/h16-19H,5-15H2,1-4H3,(H,25,30). The first-order chi connectivity index (χ1) is 16.2. The number of amides is 2. The van der Waals surface area contributed by atoms with Gasteiger partial charge in [-0.25, -0.2) is 9.78 Å². The van der Waals surface area contributed by atoms with E-state index in [0.29, 0.717) is 31.9 Å². The highest BCUT2D eigenvalue weighted by molar-refractivity contribution is 5.92. The van der Waals surface area contributed by atoms with Crippen molar-refractivity contribution in [3.63, 3.8) is 0 Å². The van der Waals surface area contributed by atoms with Crippen LogP contribution in [0.3, 0.4) is 0 Å². The highest BCUT2D eigenvalue weighted by Crippen LogP contribution is 2.24. The smallest absolute Gasteiger partial charge is 0.410 e. The topological polar surface area (TPSA) is 106 Å². The van der Waals surface area contributed by atoms with E-state index in [1.54, 1.807) is 17.4 Å². The van der Waals surface area contributed by atoms with Crippen LogP contribution in [0.15, 0.2) is 12.5 Å². The quantitative estimate of drug-likeness (QED) is 0.601. The number of rotatable bonds is 7. The van der Waals surface area contributed by atoms with Crippen molar-refractivity contribution in [2.75, 3.05) is 45.9 Å². The Morgan fingerprint density at radius 3 is 2.38 bits per heavy atom. The zero-order valence-electron chi connectivity index (χ0n) is 20.9. The first kappa shape index (κ1) is 26.0. The van der Waals surface area contributed by atoms with Gasteiger partial charge in [-0.3, -0.25) is 9.59 Å². The number of hydrogen-bond acceptors (Lipinski definition) is 7. The molecule has 34 heavy (non-hydrogen) atoms. The Kier molecular flexibility index (Phi) is 8.93. The summed E-state index contributed by atoms with van der Waals surface area (Å²) >= 11 is 0. The van der Waals surface area contributed by atoms with E-state index in [1.807, 2.05) is 32.3 Å². The van der Waals surface area contributed by atoms with Gasteiger partial charge in [-0.2, -0.15) is 0 Å². The third-order valence-electron chi connectivity index (χ3n) is 6.29. The number of aromatic nitrogens is 2. The molecule has 0 unspecified atom stereocenters. The fourth-order valence-corrected chi connectivity index (χ4v) is 4.40. The molecular weight excluding hydrogens is 438 g/mol. The summed E-state index contributed by atoms with van der Waals surface area (Å²) in [5.74, 6) is -0.293. The van der Waals surface area contributed by atoms with E-state index < -0.39 is 5.60 Å². The van der Waals surface area contributed by atoms with Gasteiger partial charge in [-0.15, -0.1) is 0 Å². The van der Waals surface area contributed by atoms with Crippen LogP contribution in [0.25, 0.3) is 0 Å². The first-order valence-electron chi connectivity index (χ1n) is 12.3. The Bertz CT molecular complexity index is 833. The van der Waals surface area contributed by atoms with Crippen molar-refractivity contribution in [2.45, 2.75) is 65.0 Å². The number of carbonyl (C=O) groups excluding carboxylic acids is 3. The molecule has 0 aromatic carbocycles. The van der Waals surface area contributed by atoms with E-state index in [9.17, 15) is 14.4 Å². The van der Waals surface area contributed by atoms with Crippen LogP contribution in [0.1, 0.15) is 69.9 Å². The van der Waals surface area contributed by atoms with Crippen LogP contribution >= 0.6 is 0 Å². The maximum Gasteiger partial charge on any atom is 0.410 e. The molecule has 0 saturated carbocycles. The fourth-order valence-electron chi connectivity index (χ4n) is 4.40. The molecule has 3 rings (SSSR count). The van der Waals surface area contributed by atoms with Crippen LogP contribution in [-0.2, 0) is 14.3 Å². The summed E-state index contributed by atoms with van der Waals surface area (Å²) < 4.78 is 12.5. The zero-order chi connectivity index (χ0) is 24.7. The molecule has 0 aliphatic carbocycles. The molecule has 10 nitrogen and oxygen atoms in total. The zero-order valence-corrected chi connectivity index (χ0v) is 20.9. The van der Waals surface area contributed by atoms with Gasteiger partial charge in [-0.1, -0.05) is 0 Å². The Balaban J connectivity index is 1.37. The number of piperidine rings is 2.